The number of aryl methyl sites for hydroxylation is 1. The number of nitrogens with one attached hydrogen (secondary N) is 1. The highest BCUT2D eigenvalue weighted by atomic mass is 15.0. The van der Waals surface area contributed by atoms with Gasteiger partial charge in [0.1, 0.15) is 5.84 Å². The quantitative estimate of drug-likeness (QED) is 0.789. The van der Waals surface area contributed by atoms with Gasteiger partial charge in [0.15, 0.2) is 0 Å². The first-order chi connectivity index (χ1) is 8.92. The van der Waals surface area contributed by atoms with E-state index in [0.717, 1.165) is 36.5 Å². The molecule has 0 saturated carbocycles. The third-order valence-corrected chi connectivity index (χ3v) is 3.17. The molecule has 0 aliphatic carbocycles. The second-order valence-corrected chi connectivity index (χ2v) is 4.53. The highest BCUT2D eigenvalue weighted by Crippen LogP contribution is 2.25. The van der Waals surface area contributed by atoms with Gasteiger partial charge >= 0.3 is 0 Å². The van der Waals surface area contributed by atoms with Gasteiger partial charge in [-0.25, -0.2) is 4.99 Å². The van der Waals surface area contributed by atoms with Crippen molar-refractivity contribution in [3.63, 3.8) is 0 Å². The molecule has 0 radical (unpaired) electrons. The summed E-state index contributed by atoms with van der Waals surface area (Å²) in [6.07, 6.45) is 3.26. The van der Waals surface area contributed by atoms with Gasteiger partial charge in [0.05, 0.1) is 5.69 Å². The standard InChI is InChI=1S/C16H16N2/c1-2-9-14(10-3-1)17-16-12-6-8-13-7-4-5-11-15(13)18-16/h1-5,7,9-11H,6,8,12H2,(H,17,18). The number of benzene rings is 2. The maximum Gasteiger partial charge on any atom is 0.107 e. The molecule has 18 heavy (non-hydrogen) atoms. The summed E-state index contributed by atoms with van der Waals surface area (Å²) >= 11 is 0. The van der Waals surface area contributed by atoms with Crippen molar-refractivity contribution < 1.29 is 0 Å². The van der Waals surface area contributed by atoms with Gasteiger partial charge in [0, 0.05) is 12.1 Å². The fourth-order valence-corrected chi connectivity index (χ4v) is 2.26. The molecule has 3 rings (SSSR count). The number of rotatable bonds is 1. The predicted octanol–water partition coefficient (Wildman–Crippen LogP) is 4.17. The second kappa shape index (κ2) is 5.05. The fraction of sp³-hybridized carbons (Fsp3) is 0.188. The zero-order chi connectivity index (χ0) is 12.2. The van der Waals surface area contributed by atoms with Crippen LogP contribution in [-0.2, 0) is 6.42 Å². The summed E-state index contributed by atoms with van der Waals surface area (Å²) in [6.45, 7) is 0. The van der Waals surface area contributed by atoms with E-state index in [-0.39, 0.29) is 0 Å². The molecule has 1 N–H and O–H groups in total. The molecule has 90 valence electrons. The number of para-hydroxylation sites is 2. The largest absolute Gasteiger partial charge is 0.344 e. The van der Waals surface area contributed by atoms with Crippen LogP contribution in [0, 0.1) is 0 Å². The second-order valence-electron chi connectivity index (χ2n) is 4.53. The molecule has 1 heterocycles. The Morgan fingerprint density at radius 2 is 1.61 bits per heavy atom. The summed E-state index contributed by atoms with van der Waals surface area (Å²) in [7, 11) is 0. The average Bonchev–Trinajstić information content (AvgIpc) is 2.61. The van der Waals surface area contributed by atoms with E-state index >= 15 is 0 Å². The Hall–Kier alpha value is -2.09. The summed E-state index contributed by atoms with van der Waals surface area (Å²) in [5.74, 6) is 1.06. The number of hydrogen-bond acceptors (Lipinski definition) is 2. The van der Waals surface area contributed by atoms with E-state index in [1.165, 1.54) is 5.56 Å². The molecule has 0 spiro atoms. The van der Waals surface area contributed by atoms with Crippen LogP contribution in [0.2, 0.25) is 0 Å². The van der Waals surface area contributed by atoms with Crippen LogP contribution in [0.15, 0.2) is 59.6 Å². The SMILES string of the molecule is c1ccc(NC2=Nc3ccccc3CCC2)cc1. The zero-order valence-corrected chi connectivity index (χ0v) is 10.3. The third-order valence-electron chi connectivity index (χ3n) is 3.17. The first-order valence-electron chi connectivity index (χ1n) is 6.39. The van der Waals surface area contributed by atoms with Crippen molar-refractivity contribution in [1.29, 1.82) is 0 Å². The Bertz CT molecular complexity index is 558. The molecule has 0 bridgehead atoms. The highest BCUT2D eigenvalue weighted by molar-refractivity contribution is 5.97. The highest BCUT2D eigenvalue weighted by Gasteiger charge is 2.09. The smallest absolute Gasteiger partial charge is 0.107 e. The maximum absolute atomic E-state index is 4.74. The Morgan fingerprint density at radius 3 is 2.50 bits per heavy atom. The van der Waals surface area contributed by atoms with Gasteiger partial charge in [0.2, 0.25) is 0 Å². The van der Waals surface area contributed by atoms with E-state index in [0.29, 0.717) is 0 Å². The predicted molar refractivity (Wildman–Crippen MR) is 76.5 cm³/mol. The van der Waals surface area contributed by atoms with E-state index < -0.39 is 0 Å². The molecule has 0 saturated heterocycles. The van der Waals surface area contributed by atoms with Gasteiger partial charge in [-0.1, -0.05) is 36.4 Å². The summed E-state index contributed by atoms with van der Waals surface area (Å²) < 4.78 is 0. The van der Waals surface area contributed by atoms with Gasteiger partial charge < -0.3 is 5.32 Å². The average molecular weight is 236 g/mol. The summed E-state index contributed by atoms with van der Waals surface area (Å²) in [6, 6.07) is 18.6. The molecule has 1 aliphatic heterocycles. The number of anilines is 1. The molecule has 0 unspecified atom stereocenters. The Balaban J connectivity index is 1.87. The number of amidine groups is 1. The molecule has 2 aromatic carbocycles. The lowest BCUT2D eigenvalue weighted by molar-refractivity contribution is 0.877. The fourth-order valence-electron chi connectivity index (χ4n) is 2.26. The van der Waals surface area contributed by atoms with E-state index in [4.69, 9.17) is 4.99 Å². The van der Waals surface area contributed by atoms with E-state index in [9.17, 15) is 0 Å². The van der Waals surface area contributed by atoms with Crippen LogP contribution in [0.4, 0.5) is 11.4 Å². The molecule has 0 atom stereocenters. The zero-order valence-electron chi connectivity index (χ0n) is 10.3. The van der Waals surface area contributed by atoms with Crippen molar-refractivity contribution in [1.82, 2.24) is 0 Å². The molecular weight excluding hydrogens is 220 g/mol. The Kier molecular flexibility index (Phi) is 3.09. The maximum atomic E-state index is 4.74. The van der Waals surface area contributed by atoms with Gasteiger partial charge in [-0.2, -0.15) is 0 Å². The molecule has 1 aliphatic rings. The summed E-state index contributed by atoms with van der Waals surface area (Å²) in [5.41, 5.74) is 3.56. The van der Waals surface area contributed by atoms with Crippen molar-refractivity contribution in [2.45, 2.75) is 19.3 Å². The molecule has 2 heteroatoms. The van der Waals surface area contributed by atoms with Crippen LogP contribution >= 0.6 is 0 Å². The van der Waals surface area contributed by atoms with Crippen LogP contribution in [0.1, 0.15) is 18.4 Å². The van der Waals surface area contributed by atoms with Crippen LogP contribution < -0.4 is 5.32 Å². The van der Waals surface area contributed by atoms with Crippen LogP contribution in [0.25, 0.3) is 0 Å². The normalized spacial score (nSPS) is 14.3. The van der Waals surface area contributed by atoms with Crippen molar-refractivity contribution >= 4 is 17.2 Å². The third kappa shape index (κ3) is 2.43. The number of hydrogen-bond donors (Lipinski definition) is 1. The lowest BCUT2D eigenvalue weighted by Gasteiger charge is -2.07. The Morgan fingerprint density at radius 1 is 0.833 bits per heavy atom. The van der Waals surface area contributed by atoms with Crippen molar-refractivity contribution in [3.8, 4) is 0 Å². The molecular formula is C16H16N2. The van der Waals surface area contributed by atoms with Crippen LogP contribution in [0.5, 0.6) is 0 Å². The first kappa shape index (κ1) is 11.0. The lowest BCUT2D eigenvalue weighted by Crippen LogP contribution is -2.10. The van der Waals surface area contributed by atoms with E-state index in [2.05, 4.69) is 35.6 Å². The monoisotopic (exact) mass is 236 g/mol. The summed E-state index contributed by atoms with van der Waals surface area (Å²) in [5, 5.41) is 3.41. The van der Waals surface area contributed by atoms with Gasteiger partial charge in [0.25, 0.3) is 0 Å². The van der Waals surface area contributed by atoms with E-state index in [1.807, 2.05) is 24.3 Å². The summed E-state index contributed by atoms with van der Waals surface area (Å²) in [4.78, 5) is 4.74. The molecule has 2 nitrogen and oxygen atoms in total. The van der Waals surface area contributed by atoms with E-state index in [1.54, 1.807) is 0 Å². The first-order valence-corrected chi connectivity index (χ1v) is 6.39. The molecule has 0 amide bonds. The number of nitrogens with zero attached hydrogens (tertiary/aromatic N) is 1. The molecule has 0 aromatic heterocycles. The molecule has 0 fully saturated rings. The minimum atomic E-state index is 1.00. The van der Waals surface area contributed by atoms with Gasteiger partial charge in [-0.15, -0.1) is 0 Å². The minimum absolute atomic E-state index is 1.00. The van der Waals surface area contributed by atoms with Crippen LogP contribution in [0.3, 0.4) is 0 Å². The number of aliphatic imine (C=N–C) groups is 1. The Labute approximate surface area is 107 Å². The minimum Gasteiger partial charge on any atom is -0.344 e. The van der Waals surface area contributed by atoms with Gasteiger partial charge in [-0.3, -0.25) is 0 Å². The number of fused-ring (bicyclic) bond motifs is 1. The van der Waals surface area contributed by atoms with Crippen molar-refractivity contribution in [2.24, 2.45) is 4.99 Å². The topological polar surface area (TPSA) is 24.4 Å². The van der Waals surface area contributed by atoms with Crippen LogP contribution in [-0.4, -0.2) is 5.84 Å². The van der Waals surface area contributed by atoms with Gasteiger partial charge in [-0.05, 0) is 36.6 Å². The molecule has 2 aromatic rings. The lowest BCUT2D eigenvalue weighted by atomic mass is 10.1. The van der Waals surface area contributed by atoms with Crippen molar-refractivity contribution in [3.05, 3.63) is 60.2 Å². The van der Waals surface area contributed by atoms with Crippen molar-refractivity contribution in [2.75, 3.05) is 5.32 Å².